The van der Waals surface area contributed by atoms with Crippen molar-refractivity contribution in [3.63, 3.8) is 0 Å². The summed E-state index contributed by atoms with van der Waals surface area (Å²) in [7, 11) is 0. The maximum Gasteiger partial charge on any atom is 0.138 e. The van der Waals surface area contributed by atoms with Crippen LogP contribution in [-0.4, -0.2) is 44.8 Å². The van der Waals surface area contributed by atoms with Crippen LogP contribution in [0, 0.1) is 0 Å². The Bertz CT molecular complexity index is 91.9. The summed E-state index contributed by atoms with van der Waals surface area (Å²) >= 11 is 0. The molecular weight excluding hydrogens is 136 g/mol. The zero-order valence-electron chi connectivity index (χ0n) is 6.15. The van der Waals surface area contributed by atoms with Crippen LogP contribution in [0.2, 0.25) is 0 Å². The summed E-state index contributed by atoms with van der Waals surface area (Å²) in [6.45, 7) is 1.97. The van der Waals surface area contributed by atoms with Crippen molar-refractivity contribution in [1.29, 1.82) is 0 Å². The summed E-state index contributed by atoms with van der Waals surface area (Å²) in [5.41, 5.74) is -1.79. The fourth-order valence-corrected chi connectivity index (χ4v) is 0.613. The molecule has 0 aromatic carbocycles. The highest BCUT2D eigenvalue weighted by atomic mass is 16.4. The summed E-state index contributed by atoms with van der Waals surface area (Å²) < 4.78 is 0. The average molecular weight is 150 g/mol. The Morgan fingerprint density at radius 1 is 1.20 bits per heavy atom. The lowest BCUT2D eigenvalue weighted by Crippen LogP contribution is -2.52. The minimum atomic E-state index is -1.79. The average Bonchev–Trinajstić information content (AvgIpc) is 1.85. The Hall–Kier alpha value is -0.160. The molecule has 4 heteroatoms. The van der Waals surface area contributed by atoms with Gasteiger partial charge in [0.15, 0.2) is 0 Å². The Kier molecular flexibility index (Phi) is 3.24. The second-order valence-corrected chi connectivity index (χ2v) is 2.50. The van der Waals surface area contributed by atoms with E-state index in [0.717, 1.165) is 0 Å². The van der Waals surface area contributed by atoms with Crippen molar-refractivity contribution < 1.29 is 20.4 Å². The van der Waals surface area contributed by atoms with E-state index >= 15 is 0 Å². The Labute approximate surface area is 59.7 Å². The normalized spacial score (nSPS) is 23.4. The zero-order valence-corrected chi connectivity index (χ0v) is 6.15. The third-order valence-corrected chi connectivity index (χ3v) is 1.70. The van der Waals surface area contributed by atoms with Gasteiger partial charge >= 0.3 is 0 Å². The smallest absolute Gasteiger partial charge is 0.138 e. The highest BCUT2D eigenvalue weighted by molar-refractivity contribution is 4.88. The van der Waals surface area contributed by atoms with Crippen molar-refractivity contribution in [2.24, 2.45) is 0 Å². The summed E-state index contributed by atoms with van der Waals surface area (Å²) in [5.74, 6) is 0. The Morgan fingerprint density at radius 3 is 1.50 bits per heavy atom. The van der Waals surface area contributed by atoms with Crippen molar-refractivity contribution >= 4 is 0 Å². The van der Waals surface area contributed by atoms with Crippen LogP contribution in [0.4, 0.5) is 0 Å². The first kappa shape index (κ1) is 9.84. The van der Waals surface area contributed by atoms with Gasteiger partial charge in [0.05, 0.1) is 18.8 Å². The molecule has 0 aliphatic rings. The summed E-state index contributed by atoms with van der Waals surface area (Å²) in [6.07, 6.45) is -2.28. The molecular formula is C6H14O4. The minimum Gasteiger partial charge on any atom is -0.393 e. The van der Waals surface area contributed by atoms with E-state index in [2.05, 4.69) is 0 Å². The van der Waals surface area contributed by atoms with Crippen molar-refractivity contribution in [2.45, 2.75) is 31.7 Å². The lowest BCUT2D eigenvalue weighted by molar-refractivity contribution is -0.156. The molecule has 0 rings (SSSR count). The monoisotopic (exact) mass is 150 g/mol. The van der Waals surface area contributed by atoms with Crippen LogP contribution < -0.4 is 0 Å². The van der Waals surface area contributed by atoms with Crippen LogP contribution >= 0.6 is 0 Å². The molecule has 0 radical (unpaired) electrons. The molecule has 2 unspecified atom stereocenters. The predicted octanol–water partition coefficient (Wildman–Crippen LogP) is -1.53. The maximum atomic E-state index is 9.22. The van der Waals surface area contributed by atoms with Crippen LogP contribution in [0.3, 0.4) is 0 Å². The Morgan fingerprint density at radius 2 is 1.50 bits per heavy atom. The molecule has 0 aromatic rings. The van der Waals surface area contributed by atoms with Gasteiger partial charge in [0.2, 0.25) is 0 Å². The SMILES string of the molecule is CC(O)C(O)(CO)C(C)O. The second kappa shape index (κ2) is 3.30. The molecule has 4 N–H and O–H groups in total. The van der Waals surface area contributed by atoms with Crippen molar-refractivity contribution in [3.8, 4) is 0 Å². The highest BCUT2D eigenvalue weighted by Crippen LogP contribution is 2.14. The van der Waals surface area contributed by atoms with Crippen LogP contribution in [-0.2, 0) is 0 Å². The summed E-state index contributed by atoms with van der Waals surface area (Å²) in [4.78, 5) is 0. The quantitative estimate of drug-likeness (QED) is 0.393. The first-order valence-corrected chi connectivity index (χ1v) is 3.14. The van der Waals surface area contributed by atoms with E-state index < -0.39 is 24.4 Å². The summed E-state index contributed by atoms with van der Waals surface area (Å²) in [6, 6.07) is 0. The molecule has 0 saturated carbocycles. The van der Waals surface area contributed by atoms with Crippen molar-refractivity contribution in [1.82, 2.24) is 0 Å². The molecule has 0 aliphatic heterocycles. The van der Waals surface area contributed by atoms with E-state index in [0.29, 0.717) is 0 Å². The molecule has 10 heavy (non-hydrogen) atoms. The number of hydrogen-bond acceptors (Lipinski definition) is 4. The van der Waals surface area contributed by atoms with Gasteiger partial charge in [0.1, 0.15) is 5.60 Å². The lowest BCUT2D eigenvalue weighted by atomic mass is 9.93. The fourth-order valence-electron chi connectivity index (χ4n) is 0.613. The maximum absolute atomic E-state index is 9.22. The van der Waals surface area contributed by atoms with Gasteiger partial charge in [-0.05, 0) is 13.8 Å². The van der Waals surface area contributed by atoms with Gasteiger partial charge in [-0.3, -0.25) is 0 Å². The predicted molar refractivity (Wildman–Crippen MR) is 35.4 cm³/mol. The number of hydrogen-bond donors (Lipinski definition) is 4. The standard InChI is InChI=1S/C6H14O4/c1-4(8)6(10,3-7)5(2)9/h4-5,7-10H,3H2,1-2H3. The van der Waals surface area contributed by atoms with Gasteiger partial charge in [-0.15, -0.1) is 0 Å². The van der Waals surface area contributed by atoms with Crippen LogP contribution in [0.15, 0.2) is 0 Å². The highest BCUT2D eigenvalue weighted by Gasteiger charge is 2.37. The first-order chi connectivity index (χ1) is 4.45. The van der Waals surface area contributed by atoms with E-state index in [-0.39, 0.29) is 0 Å². The number of rotatable bonds is 3. The molecule has 0 saturated heterocycles. The van der Waals surface area contributed by atoms with E-state index in [9.17, 15) is 5.11 Å². The van der Waals surface area contributed by atoms with Gasteiger partial charge in [0, 0.05) is 0 Å². The molecule has 4 nitrogen and oxygen atoms in total. The zero-order chi connectivity index (χ0) is 8.36. The molecule has 62 valence electrons. The van der Waals surface area contributed by atoms with Crippen molar-refractivity contribution in [3.05, 3.63) is 0 Å². The molecule has 0 spiro atoms. The Balaban J connectivity index is 4.23. The first-order valence-electron chi connectivity index (χ1n) is 3.14. The van der Waals surface area contributed by atoms with Crippen LogP contribution in [0.25, 0.3) is 0 Å². The van der Waals surface area contributed by atoms with Gasteiger partial charge < -0.3 is 20.4 Å². The molecule has 0 amide bonds. The minimum absolute atomic E-state index is 0.650. The summed E-state index contributed by atoms with van der Waals surface area (Å²) in [5, 5.41) is 35.5. The van der Waals surface area contributed by atoms with Gasteiger partial charge in [-0.2, -0.15) is 0 Å². The molecule has 2 atom stereocenters. The topological polar surface area (TPSA) is 80.9 Å². The fraction of sp³-hybridized carbons (Fsp3) is 1.00. The third kappa shape index (κ3) is 1.67. The molecule has 0 heterocycles. The van der Waals surface area contributed by atoms with Gasteiger partial charge in [0.25, 0.3) is 0 Å². The molecule has 0 aromatic heterocycles. The molecule has 0 fully saturated rings. The van der Waals surface area contributed by atoms with Crippen LogP contribution in [0.1, 0.15) is 13.8 Å². The number of aliphatic hydroxyl groups is 4. The van der Waals surface area contributed by atoms with E-state index in [4.69, 9.17) is 15.3 Å². The number of aliphatic hydroxyl groups excluding tert-OH is 3. The van der Waals surface area contributed by atoms with Gasteiger partial charge in [-0.25, -0.2) is 0 Å². The third-order valence-electron chi connectivity index (χ3n) is 1.70. The largest absolute Gasteiger partial charge is 0.393 e. The molecule has 0 bridgehead atoms. The van der Waals surface area contributed by atoms with Crippen LogP contribution in [0.5, 0.6) is 0 Å². The van der Waals surface area contributed by atoms with E-state index in [1.54, 1.807) is 0 Å². The van der Waals surface area contributed by atoms with E-state index in [1.165, 1.54) is 13.8 Å². The van der Waals surface area contributed by atoms with E-state index in [1.807, 2.05) is 0 Å². The second-order valence-electron chi connectivity index (χ2n) is 2.50. The lowest BCUT2D eigenvalue weighted by Gasteiger charge is -2.31. The van der Waals surface area contributed by atoms with Gasteiger partial charge in [-0.1, -0.05) is 0 Å². The van der Waals surface area contributed by atoms with Crippen molar-refractivity contribution in [2.75, 3.05) is 6.61 Å². The molecule has 0 aliphatic carbocycles.